The lowest BCUT2D eigenvalue weighted by molar-refractivity contribution is -0.388. The molecule has 0 saturated carbocycles. The molecule has 0 spiro atoms. The van der Waals surface area contributed by atoms with Crippen LogP contribution in [0.2, 0.25) is 0 Å². The van der Waals surface area contributed by atoms with Gasteiger partial charge < -0.3 is 0 Å². The molecule has 0 aliphatic rings. The summed E-state index contributed by atoms with van der Waals surface area (Å²) in [5.74, 6) is -8.07. The summed E-state index contributed by atoms with van der Waals surface area (Å²) in [5, 5.41) is 10.7. The molecule has 0 bridgehead atoms. The minimum absolute atomic E-state index is 0.516. The predicted molar refractivity (Wildman–Crippen MR) is 66.5 cm³/mol. The number of ketones is 2. The molecule has 0 fully saturated rings. The number of carbonyl (C=O) groups is 2. The van der Waals surface area contributed by atoms with Gasteiger partial charge >= 0.3 is 5.69 Å². The van der Waals surface area contributed by atoms with Crippen LogP contribution in [-0.4, -0.2) is 16.5 Å². The summed E-state index contributed by atoms with van der Waals surface area (Å²) in [6, 6.07) is 0. The van der Waals surface area contributed by atoms with Crippen LogP contribution in [0.3, 0.4) is 0 Å². The molecule has 1 rings (SSSR count). The number of Topliss-reactive ketones (excluding diaryl/α,β-unsaturated/α-hetero) is 2. The van der Waals surface area contributed by atoms with Crippen LogP contribution in [0, 0.1) is 40.4 Å². The Labute approximate surface area is 117 Å². The van der Waals surface area contributed by atoms with Gasteiger partial charge in [0.1, 0.15) is 5.78 Å². The van der Waals surface area contributed by atoms with Gasteiger partial charge in [0.2, 0.25) is 11.6 Å². The molecular weight excluding hydrogens is 291 g/mol. The molecule has 0 aliphatic carbocycles. The van der Waals surface area contributed by atoms with Crippen LogP contribution in [0.4, 0.5) is 18.9 Å². The van der Waals surface area contributed by atoms with Gasteiger partial charge in [0.15, 0.2) is 11.6 Å². The number of benzene rings is 1. The first-order chi connectivity index (χ1) is 9.59. The molecular formula is C13H12F3NO4. The van der Waals surface area contributed by atoms with Crippen molar-refractivity contribution in [3.63, 3.8) is 0 Å². The first-order valence-electron chi connectivity index (χ1n) is 5.96. The van der Waals surface area contributed by atoms with Crippen LogP contribution in [-0.2, 0) is 4.79 Å². The SMILES string of the molecule is Cc1c(C(=O)CC(=O)C(C)C)c(F)c(F)c(F)c1[N+](=O)[O-]. The molecule has 0 atom stereocenters. The van der Waals surface area contributed by atoms with E-state index in [-0.39, 0.29) is 0 Å². The second-order valence-electron chi connectivity index (χ2n) is 4.77. The highest BCUT2D eigenvalue weighted by Gasteiger charge is 2.33. The van der Waals surface area contributed by atoms with Crippen molar-refractivity contribution in [1.82, 2.24) is 0 Å². The van der Waals surface area contributed by atoms with Crippen molar-refractivity contribution >= 4 is 17.3 Å². The van der Waals surface area contributed by atoms with E-state index in [1.807, 2.05) is 0 Å². The van der Waals surface area contributed by atoms with Crippen molar-refractivity contribution in [3.05, 3.63) is 38.7 Å². The van der Waals surface area contributed by atoms with E-state index in [2.05, 4.69) is 0 Å². The first-order valence-corrected chi connectivity index (χ1v) is 5.96. The molecule has 0 aromatic heterocycles. The van der Waals surface area contributed by atoms with Crippen LogP contribution in [0.25, 0.3) is 0 Å². The van der Waals surface area contributed by atoms with Crippen LogP contribution >= 0.6 is 0 Å². The highest BCUT2D eigenvalue weighted by atomic mass is 19.2. The summed E-state index contributed by atoms with van der Waals surface area (Å²) in [7, 11) is 0. The first kappa shape index (κ1) is 16.8. The van der Waals surface area contributed by atoms with Gasteiger partial charge in [-0.05, 0) is 6.92 Å². The average molecular weight is 303 g/mol. The monoisotopic (exact) mass is 303 g/mol. The quantitative estimate of drug-likeness (QED) is 0.275. The van der Waals surface area contributed by atoms with E-state index in [0.717, 1.165) is 6.92 Å². The third-order valence-electron chi connectivity index (χ3n) is 2.98. The Balaban J connectivity index is 3.47. The van der Waals surface area contributed by atoms with Gasteiger partial charge in [-0.2, -0.15) is 4.39 Å². The van der Waals surface area contributed by atoms with Gasteiger partial charge in [-0.1, -0.05) is 13.8 Å². The molecule has 0 radical (unpaired) electrons. The molecule has 1 aromatic rings. The Morgan fingerprint density at radius 2 is 1.67 bits per heavy atom. The number of carbonyl (C=O) groups excluding carboxylic acids is 2. The van der Waals surface area contributed by atoms with Crippen molar-refractivity contribution in [2.45, 2.75) is 27.2 Å². The van der Waals surface area contributed by atoms with Gasteiger partial charge in [0.25, 0.3) is 0 Å². The number of nitro benzene ring substituents is 1. The van der Waals surface area contributed by atoms with Crippen LogP contribution in [0.15, 0.2) is 0 Å². The Morgan fingerprint density at radius 1 is 1.14 bits per heavy atom. The third kappa shape index (κ3) is 3.09. The van der Waals surface area contributed by atoms with Crippen LogP contribution in [0.5, 0.6) is 0 Å². The molecule has 114 valence electrons. The van der Waals surface area contributed by atoms with E-state index >= 15 is 0 Å². The van der Waals surface area contributed by atoms with E-state index in [4.69, 9.17) is 0 Å². The predicted octanol–water partition coefficient (Wildman–Crippen LogP) is 3.12. The zero-order valence-electron chi connectivity index (χ0n) is 11.5. The maximum Gasteiger partial charge on any atom is 0.311 e. The minimum Gasteiger partial charge on any atom is -0.299 e. The summed E-state index contributed by atoms with van der Waals surface area (Å²) < 4.78 is 40.4. The van der Waals surface area contributed by atoms with Crippen molar-refractivity contribution < 1.29 is 27.7 Å². The second kappa shape index (κ2) is 6.02. The Morgan fingerprint density at radius 3 is 2.10 bits per heavy atom. The smallest absolute Gasteiger partial charge is 0.299 e. The highest BCUT2D eigenvalue weighted by Crippen LogP contribution is 2.31. The third-order valence-corrected chi connectivity index (χ3v) is 2.98. The normalized spacial score (nSPS) is 10.8. The lowest BCUT2D eigenvalue weighted by Gasteiger charge is -2.09. The fourth-order valence-corrected chi connectivity index (χ4v) is 1.76. The number of halogens is 3. The summed E-state index contributed by atoms with van der Waals surface area (Å²) in [6.45, 7) is 3.94. The summed E-state index contributed by atoms with van der Waals surface area (Å²) in [6.07, 6.45) is -0.738. The van der Waals surface area contributed by atoms with Gasteiger partial charge in [-0.3, -0.25) is 19.7 Å². The maximum absolute atomic E-state index is 13.7. The molecule has 0 N–H and O–H groups in total. The molecule has 21 heavy (non-hydrogen) atoms. The fraction of sp³-hybridized carbons (Fsp3) is 0.385. The molecule has 0 unspecified atom stereocenters. The lowest BCUT2D eigenvalue weighted by atomic mass is 9.95. The van der Waals surface area contributed by atoms with E-state index in [1.54, 1.807) is 0 Å². The summed E-state index contributed by atoms with van der Waals surface area (Å²) in [4.78, 5) is 32.8. The molecule has 1 aromatic carbocycles. The van der Waals surface area contributed by atoms with Crippen molar-refractivity contribution in [2.75, 3.05) is 0 Å². The number of nitro groups is 1. The van der Waals surface area contributed by atoms with Crippen LogP contribution in [0.1, 0.15) is 36.2 Å². The van der Waals surface area contributed by atoms with E-state index < -0.39 is 63.1 Å². The number of hydrogen-bond acceptors (Lipinski definition) is 4. The van der Waals surface area contributed by atoms with Crippen molar-refractivity contribution in [1.29, 1.82) is 0 Å². The zero-order valence-corrected chi connectivity index (χ0v) is 11.5. The van der Waals surface area contributed by atoms with E-state index in [1.165, 1.54) is 13.8 Å². The molecule has 8 heteroatoms. The standard InChI is InChI=1S/C13H12F3NO4/c1-5(2)7(18)4-8(19)9-6(3)13(17(20)21)12(16)11(15)10(9)14/h5H,4H2,1-3H3. The maximum atomic E-state index is 13.7. The van der Waals surface area contributed by atoms with Gasteiger partial charge in [-0.25, -0.2) is 8.78 Å². The zero-order chi connectivity index (χ0) is 16.5. The topological polar surface area (TPSA) is 77.3 Å². The molecule has 0 saturated heterocycles. The van der Waals surface area contributed by atoms with Gasteiger partial charge in [0.05, 0.1) is 16.9 Å². The summed E-state index contributed by atoms with van der Waals surface area (Å²) in [5.41, 5.74) is -2.91. The summed E-state index contributed by atoms with van der Waals surface area (Å²) >= 11 is 0. The molecule has 0 amide bonds. The molecule has 0 aliphatic heterocycles. The number of rotatable bonds is 5. The largest absolute Gasteiger partial charge is 0.311 e. The minimum atomic E-state index is -2.10. The number of nitrogens with zero attached hydrogens (tertiary/aromatic N) is 1. The average Bonchev–Trinajstić information content (AvgIpc) is 2.35. The van der Waals surface area contributed by atoms with Crippen LogP contribution < -0.4 is 0 Å². The number of hydrogen-bond donors (Lipinski definition) is 0. The lowest BCUT2D eigenvalue weighted by Crippen LogP contribution is -2.17. The fourth-order valence-electron chi connectivity index (χ4n) is 1.76. The Kier molecular flexibility index (Phi) is 4.82. The van der Waals surface area contributed by atoms with Gasteiger partial charge in [0, 0.05) is 11.5 Å². The van der Waals surface area contributed by atoms with Gasteiger partial charge in [-0.15, -0.1) is 0 Å². The molecule has 5 nitrogen and oxygen atoms in total. The second-order valence-corrected chi connectivity index (χ2v) is 4.77. The Hall–Kier alpha value is -2.25. The molecule has 0 heterocycles. The van der Waals surface area contributed by atoms with E-state index in [0.29, 0.717) is 0 Å². The van der Waals surface area contributed by atoms with Crippen molar-refractivity contribution in [2.24, 2.45) is 5.92 Å². The van der Waals surface area contributed by atoms with Crippen molar-refractivity contribution in [3.8, 4) is 0 Å². The van der Waals surface area contributed by atoms with E-state index in [9.17, 15) is 32.9 Å². The Bertz CT molecular complexity index is 641. The highest BCUT2D eigenvalue weighted by molar-refractivity contribution is 6.09.